The second-order valence-electron chi connectivity index (χ2n) is 10.9. The van der Waals surface area contributed by atoms with Gasteiger partial charge >= 0.3 is 6.18 Å². The van der Waals surface area contributed by atoms with Crippen LogP contribution in [0.2, 0.25) is 0 Å². The first-order valence-electron chi connectivity index (χ1n) is 13.9. The lowest BCUT2D eigenvalue weighted by Crippen LogP contribution is -2.34. The topological polar surface area (TPSA) is 103 Å². The van der Waals surface area contributed by atoms with E-state index >= 15 is 0 Å². The first-order valence-corrected chi connectivity index (χ1v) is 13.9. The number of hydrogen-bond acceptors (Lipinski definition) is 4. The first kappa shape index (κ1) is 32.6. The van der Waals surface area contributed by atoms with Gasteiger partial charge < -0.3 is 11.1 Å². The lowest BCUT2D eigenvalue weighted by Gasteiger charge is -2.22. The molecular weight excluding hydrogens is 626 g/mol. The van der Waals surface area contributed by atoms with Crippen molar-refractivity contribution in [3.8, 4) is 11.1 Å². The monoisotopic (exact) mass is 651 g/mol. The lowest BCUT2D eigenvalue weighted by molar-refractivity contribution is -0.142. The molecule has 4 aromatic rings. The molecule has 1 fully saturated rings. The first-order chi connectivity index (χ1) is 21.8. The van der Waals surface area contributed by atoms with Gasteiger partial charge in [0.1, 0.15) is 30.7 Å². The summed E-state index contributed by atoms with van der Waals surface area (Å²) in [7, 11) is 0. The van der Waals surface area contributed by atoms with Crippen LogP contribution < -0.4 is 11.1 Å². The Bertz CT molecular complexity index is 1770. The number of amides is 2. The number of alkyl halides is 5. The number of carbonyl (C=O) groups excluding carboxylic acids is 2. The molecule has 1 aliphatic carbocycles. The van der Waals surface area contributed by atoms with Crippen molar-refractivity contribution in [1.82, 2.24) is 20.1 Å². The maximum absolute atomic E-state index is 14.2. The van der Waals surface area contributed by atoms with E-state index in [2.05, 4.69) is 15.4 Å². The van der Waals surface area contributed by atoms with E-state index in [1.54, 1.807) is 0 Å². The van der Waals surface area contributed by atoms with Gasteiger partial charge in [0.15, 0.2) is 5.69 Å². The number of hydrogen-bond donors (Lipinski definition) is 2. The third-order valence-corrected chi connectivity index (χ3v) is 7.69. The molecule has 5 rings (SSSR count). The van der Waals surface area contributed by atoms with Gasteiger partial charge in [-0.25, -0.2) is 17.6 Å². The Morgan fingerprint density at radius 2 is 1.76 bits per heavy atom. The Morgan fingerprint density at radius 1 is 1.04 bits per heavy atom. The van der Waals surface area contributed by atoms with Crippen LogP contribution in [0.15, 0.2) is 54.7 Å². The van der Waals surface area contributed by atoms with Gasteiger partial charge in [-0.3, -0.25) is 23.6 Å². The minimum atomic E-state index is -5.00. The van der Waals surface area contributed by atoms with Gasteiger partial charge in [0.2, 0.25) is 5.91 Å². The van der Waals surface area contributed by atoms with Crippen molar-refractivity contribution in [3.05, 3.63) is 106 Å². The quantitative estimate of drug-likeness (QED) is 0.191. The van der Waals surface area contributed by atoms with Crippen molar-refractivity contribution in [3.63, 3.8) is 0 Å². The second kappa shape index (κ2) is 12.9. The van der Waals surface area contributed by atoms with Gasteiger partial charge in [0.05, 0.1) is 29.7 Å². The summed E-state index contributed by atoms with van der Waals surface area (Å²) >= 11 is 0. The molecule has 46 heavy (non-hydrogen) atoms. The molecule has 1 saturated carbocycles. The van der Waals surface area contributed by atoms with Crippen molar-refractivity contribution in [1.29, 1.82) is 0 Å². The Labute approximate surface area is 256 Å². The Hall–Kier alpha value is -4.82. The molecule has 2 aromatic heterocycles. The smallest absolute Gasteiger partial charge is 0.366 e. The van der Waals surface area contributed by atoms with Crippen molar-refractivity contribution in [2.75, 3.05) is 6.67 Å². The minimum Gasteiger partial charge on any atom is -0.366 e. The number of aromatic nitrogens is 3. The van der Waals surface area contributed by atoms with Crippen molar-refractivity contribution >= 4 is 11.8 Å². The van der Waals surface area contributed by atoms with Gasteiger partial charge in [0, 0.05) is 23.4 Å². The molecule has 3 atom stereocenters. The number of nitrogens with zero attached hydrogens (tertiary/aromatic N) is 3. The maximum Gasteiger partial charge on any atom is 0.435 e. The molecule has 2 heterocycles. The molecule has 1 aliphatic rings. The van der Waals surface area contributed by atoms with Crippen LogP contribution in [0.1, 0.15) is 56.9 Å². The molecule has 15 heteroatoms. The van der Waals surface area contributed by atoms with E-state index in [9.17, 15) is 44.7 Å². The summed E-state index contributed by atoms with van der Waals surface area (Å²) in [4.78, 5) is 29.5. The number of rotatable bonds is 11. The highest BCUT2D eigenvalue weighted by Gasteiger charge is 2.49. The molecule has 7 nitrogen and oxygen atoms in total. The van der Waals surface area contributed by atoms with E-state index < -0.39 is 95.7 Å². The average Bonchev–Trinajstić information content (AvgIpc) is 3.67. The number of halogens is 8. The number of nitrogens with two attached hydrogens (primary N) is 1. The number of nitrogens with one attached hydrogen (secondary N) is 1. The van der Waals surface area contributed by atoms with Crippen LogP contribution in [-0.2, 0) is 30.6 Å². The summed E-state index contributed by atoms with van der Waals surface area (Å²) < 4.78 is 112. The van der Waals surface area contributed by atoms with Crippen LogP contribution in [0.3, 0.4) is 0 Å². The van der Waals surface area contributed by atoms with Crippen LogP contribution in [0.25, 0.3) is 11.1 Å². The lowest BCUT2D eigenvalue weighted by atomic mass is 9.94. The summed E-state index contributed by atoms with van der Waals surface area (Å²) in [6.07, 6.45) is -3.89. The molecule has 0 spiro atoms. The van der Waals surface area contributed by atoms with E-state index in [1.165, 1.54) is 24.4 Å². The zero-order chi connectivity index (χ0) is 33.3. The van der Waals surface area contributed by atoms with Gasteiger partial charge in [0.25, 0.3) is 5.91 Å². The standard InChI is InChI=1S/C31H25F8N5O2/c32-12-17-10-21(17)27-25(13-33)44(43-29(27)31(37,38)39)14-26(45)42-24(8-15-6-18(34)11-19(35)7-15)28-20(2-1-5-41-28)16-3-4-23(36)22(9-16)30(40)46/h1-7,9,11,17,21,24H,8,10,12-14H2,(H2,40,46)(H,42,45)/t17?,21?,24-/m0/s1. The fourth-order valence-corrected chi connectivity index (χ4v) is 5.53. The van der Waals surface area contributed by atoms with E-state index in [1.807, 2.05) is 0 Å². The van der Waals surface area contributed by atoms with Crippen LogP contribution in [0.5, 0.6) is 0 Å². The Balaban J connectivity index is 1.53. The molecule has 0 radical (unpaired) electrons. The molecule has 2 aromatic carbocycles. The zero-order valence-electron chi connectivity index (χ0n) is 23.7. The summed E-state index contributed by atoms with van der Waals surface area (Å²) in [5.41, 5.74) is 3.05. The maximum atomic E-state index is 14.2. The fraction of sp³-hybridized carbons (Fsp3) is 0.290. The zero-order valence-corrected chi connectivity index (χ0v) is 23.7. The van der Waals surface area contributed by atoms with Gasteiger partial charge in [-0.1, -0.05) is 12.1 Å². The molecule has 0 bridgehead atoms. The molecular formula is C31H25F8N5O2. The Kier molecular flexibility index (Phi) is 9.13. The third kappa shape index (κ3) is 6.87. The number of carbonyl (C=O) groups is 2. The van der Waals surface area contributed by atoms with Crippen LogP contribution in [-0.4, -0.2) is 33.3 Å². The molecule has 0 saturated heterocycles. The Morgan fingerprint density at radius 3 is 2.37 bits per heavy atom. The highest BCUT2D eigenvalue weighted by Crippen LogP contribution is 2.52. The summed E-state index contributed by atoms with van der Waals surface area (Å²) in [5.74, 6) is -6.40. The van der Waals surface area contributed by atoms with Crippen LogP contribution >= 0.6 is 0 Å². The summed E-state index contributed by atoms with van der Waals surface area (Å²) in [6.45, 7) is -3.21. The fourth-order valence-electron chi connectivity index (χ4n) is 5.53. The average molecular weight is 652 g/mol. The van der Waals surface area contributed by atoms with E-state index in [-0.39, 0.29) is 35.2 Å². The van der Waals surface area contributed by atoms with Crippen molar-refractivity contribution in [2.24, 2.45) is 11.7 Å². The molecule has 3 N–H and O–H groups in total. The van der Waals surface area contributed by atoms with E-state index in [0.717, 1.165) is 24.3 Å². The molecule has 0 aliphatic heterocycles. The third-order valence-electron chi connectivity index (χ3n) is 7.69. The normalized spacial score (nSPS) is 16.7. The highest BCUT2D eigenvalue weighted by molar-refractivity contribution is 5.94. The molecule has 242 valence electrons. The number of benzene rings is 2. The van der Waals surface area contributed by atoms with Crippen molar-refractivity contribution < 1.29 is 44.7 Å². The van der Waals surface area contributed by atoms with E-state index in [0.29, 0.717) is 10.7 Å². The summed E-state index contributed by atoms with van der Waals surface area (Å²) in [6, 6.07) is 7.88. The SMILES string of the molecule is NC(=O)c1cc(-c2cccnc2[C@H](Cc2cc(F)cc(F)c2)NC(=O)Cn2nc(C(F)(F)F)c(C3CC3CF)c2CF)ccc1F. The summed E-state index contributed by atoms with van der Waals surface area (Å²) in [5, 5.41) is 6.06. The largest absolute Gasteiger partial charge is 0.435 e. The number of primary amides is 1. The van der Waals surface area contributed by atoms with Gasteiger partial charge in [-0.2, -0.15) is 18.3 Å². The highest BCUT2D eigenvalue weighted by atomic mass is 19.4. The van der Waals surface area contributed by atoms with Crippen LogP contribution in [0, 0.1) is 23.4 Å². The van der Waals surface area contributed by atoms with Gasteiger partial charge in [-0.15, -0.1) is 0 Å². The van der Waals surface area contributed by atoms with Crippen molar-refractivity contribution in [2.45, 2.75) is 44.2 Å². The predicted molar refractivity (Wildman–Crippen MR) is 148 cm³/mol. The van der Waals surface area contributed by atoms with Crippen LogP contribution in [0.4, 0.5) is 35.1 Å². The second-order valence-corrected chi connectivity index (χ2v) is 10.9. The van der Waals surface area contributed by atoms with Gasteiger partial charge in [-0.05, 0) is 66.1 Å². The predicted octanol–water partition coefficient (Wildman–Crippen LogP) is 6.12. The molecule has 2 amide bonds. The number of pyridine rings is 1. The van der Waals surface area contributed by atoms with E-state index in [4.69, 9.17) is 5.73 Å². The molecule has 2 unspecified atom stereocenters. The minimum absolute atomic E-state index is 0.0625.